The Morgan fingerprint density at radius 2 is 1.93 bits per heavy atom. The van der Waals surface area contributed by atoms with Crippen LogP contribution in [-0.2, 0) is 17.4 Å². The maximum Gasteiger partial charge on any atom is 0.416 e. The van der Waals surface area contributed by atoms with E-state index in [0.29, 0.717) is 6.29 Å². The van der Waals surface area contributed by atoms with Crippen molar-refractivity contribution in [1.82, 2.24) is 0 Å². The van der Waals surface area contributed by atoms with E-state index in [1.807, 2.05) is 0 Å². The van der Waals surface area contributed by atoms with Crippen LogP contribution >= 0.6 is 0 Å². The summed E-state index contributed by atoms with van der Waals surface area (Å²) in [6.45, 7) is 3.36. The molecule has 0 fully saturated rings. The van der Waals surface area contributed by atoms with Crippen molar-refractivity contribution in [2.45, 2.75) is 12.6 Å². The fourth-order valence-electron chi connectivity index (χ4n) is 1.24. The predicted octanol–water partition coefficient (Wildman–Crippen LogP) is 3.00. The molecule has 0 unspecified atom stereocenters. The van der Waals surface area contributed by atoms with Gasteiger partial charge in [0.15, 0.2) is 0 Å². The Kier molecular flexibility index (Phi) is 3.29. The third-order valence-electron chi connectivity index (χ3n) is 1.91. The fourth-order valence-corrected chi connectivity index (χ4v) is 1.24. The zero-order chi connectivity index (χ0) is 11.5. The summed E-state index contributed by atoms with van der Waals surface area (Å²) in [4.78, 5) is 10.3. The molecular formula is C11H9F3O. The van der Waals surface area contributed by atoms with E-state index in [1.54, 1.807) is 0 Å². The maximum absolute atomic E-state index is 12.5. The minimum atomic E-state index is -4.39. The highest BCUT2D eigenvalue weighted by atomic mass is 19.4. The molecule has 0 heterocycles. The second-order valence-electron chi connectivity index (χ2n) is 3.11. The first kappa shape index (κ1) is 11.5. The Morgan fingerprint density at radius 1 is 1.33 bits per heavy atom. The molecule has 0 amide bonds. The topological polar surface area (TPSA) is 17.1 Å². The van der Waals surface area contributed by atoms with Crippen LogP contribution in [-0.4, -0.2) is 6.29 Å². The number of allylic oxidation sites excluding steroid dienone is 1. The quantitative estimate of drug-likeness (QED) is 0.558. The molecule has 1 rings (SSSR count). The predicted molar refractivity (Wildman–Crippen MR) is 50.4 cm³/mol. The summed E-state index contributed by atoms with van der Waals surface area (Å²) in [6.07, 6.45) is -3.99. The third kappa shape index (κ3) is 2.94. The van der Waals surface area contributed by atoms with Gasteiger partial charge < -0.3 is 0 Å². The Balaban J connectivity index is 3.07. The molecule has 0 saturated carbocycles. The van der Waals surface area contributed by atoms with Gasteiger partial charge in [-0.25, -0.2) is 0 Å². The van der Waals surface area contributed by atoms with Crippen LogP contribution in [0.15, 0.2) is 36.4 Å². The molecule has 0 N–H and O–H groups in total. The summed E-state index contributed by atoms with van der Waals surface area (Å²) in [5, 5.41) is 0. The van der Waals surface area contributed by atoms with E-state index < -0.39 is 11.7 Å². The van der Waals surface area contributed by atoms with E-state index in [0.717, 1.165) is 6.07 Å². The number of hydrogen-bond acceptors (Lipinski definition) is 1. The highest BCUT2D eigenvalue weighted by Gasteiger charge is 2.32. The van der Waals surface area contributed by atoms with Crippen molar-refractivity contribution in [3.05, 3.63) is 47.5 Å². The van der Waals surface area contributed by atoms with Gasteiger partial charge in [0, 0.05) is 6.42 Å². The molecule has 80 valence electrons. The lowest BCUT2D eigenvalue weighted by molar-refractivity contribution is -0.138. The van der Waals surface area contributed by atoms with E-state index in [1.165, 1.54) is 18.2 Å². The van der Waals surface area contributed by atoms with Crippen LogP contribution in [0.25, 0.3) is 0 Å². The lowest BCUT2D eigenvalue weighted by Crippen LogP contribution is -2.09. The zero-order valence-electron chi connectivity index (χ0n) is 7.84. The summed E-state index contributed by atoms with van der Waals surface area (Å²) in [7, 11) is 0. The molecule has 1 aromatic carbocycles. The average molecular weight is 214 g/mol. The third-order valence-corrected chi connectivity index (χ3v) is 1.91. The van der Waals surface area contributed by atoms with Crippen molar-refractivity contribution in [3.63, 3.8) is 0 Å². The van der Waals surface area contributed by atoms with Crippen LogP contribution in [0.1, 0.15) is 11.1 Å². The molecule has 15 heavy (non-hydrogen) atoms. The number of benzene rings is 1. The Hall–Kier alpha value is -1.58. The molecule has 1 nitrogen and oxygen atoms in total. The molecule has 1 aromatic rings. The Bertz CT molecular complexity index is 380. The Morgan fingerprint density at radius 3 is 2.47 bits per heavy atom. The van der Waals surface area contributed by atoms with E-state index in [9.17, 15) is 18.0 Å². The van der Waals surface area contributed by atoms with Crippen molar-refractivity contribution in [1.29, 1.82) is 0 Å². The number of rotatable bonds is 3. The van der Waals surface area contributed by atoms with Crippen LogP contribution in [0.4, 0.5) is 13.2 Å². The fraction of sp³-hybridized carbons (Fsp3) is 0.182. The van der Waals surface area contributed by atoms with E-state index in [2.05, 4.69) is 6.58 Å². The highest BCUT2D eigenvalue weighted by Crippen LogP contribution is 2.32. The second-order valence-corrected chi connectivity index (χ2v) is 3.11. The summed E-state index contributed by atoms with van der Waals surface area (Å²) >= 11 is 0. The number of carbonyl (C=O) groups excluding carboxylic acids is 1. The van der Waals surface area contributed by atoms with Gasteiger partial charge in [-0.1, -0.05) is 24.8 Å². The first-order chi connectivity index (χ1) is 6.95. The van der Waals surface area contributed by atoms with Gasteiger partial charge >= 0.3 is 6.18 Å². The molecular weight excluding hydrogens is 205 g/mol. The maximum atomic E-state index is 12.5. The van der Waals surface area contributed by atoms with Gasteiger partial charge in [0.1, 0.15) is 6.29 Å². The molecule has 0 aliphatic carbocycles. The molecule has 0 atom stereocenters. The molecule has 0 saturated heterocycles. The summed E-state index contributed by atoms with van der Waals surface area (Å²) in [5.74, 6) is 0. The first-order valence-electron chi connectivity index (χ1n) is 4.23. The average Bonchev–Trinajstić information content (AvgIpc) is 2.17. The standard InChI is InChI=1S/C11H9F3O/c1-8(7-15)6-9-4-2-3-5-10(9)11(12,13)14/h2-5,7H,1,6H2. The molecule has 0 bridgehead atoms. The molecule has 0 spiro atoms. The number of aldehydes is 1. The summed E-state index contributed by atoms with van der Waals surface area (Å²) in [6, 6.07) is 5.16. The van der Waals surface area contributed by atoms with E-state index >= 15 is 0 Å². The van der Waals surface area contributed by atoms with Crippen LogP contribution in [0, 0.1) is 0 Å². The SMILES string of the molecule is C=C(C=O)Cc1ccccc1C(F)(F)F. The monoisotopic (exact) mass is 214 g/mol. The second kappa shape index (κ2) is 4.29. The Labute approximate surface area is 85.2 Å². The zero-order valence-corrected chi connectivity index (χ0v) is 7.84. The van der Waals surface area contributed by atoms with Crippen molar-refractivity contribution in [2.24, 2.45) is 0 Å². The minimum absolute atomic E-state index is 0.0703. The lowest BCUT2D eigenvalue weighted by atomic mass is 10.0. The van der Waals surface area contributed by atoms with Gasteiger partial charge in [0.25, 0.3) is 0 Å². The van der Waals surface area contributed by atoms with Crippen LogP contribution in [0.3, 0.4) is 0 Å². The minimum Gasteiger partial charge on any atom is -0.298 e. The van der Waals surface area contributed by atoms with Gasteiger partial charge in [-0.2, -0.15) is 13.2 Å². The van der Waals surface area contributed by atoms with Crippen LogP contribution < -0.4 is 0 Å². The van der Waals surface area contributed by atoms with Crippen molar-refractivity contribution >= 4 is 6.29 Å². The van der Waals surface area contributed by atoms with E-state index in [4.69, 9.17) is 0 Å². The molecule has 0 radical (unpaired) electrons. The molecule has 4 heteroatoms. The normalized spacial score (nSPS) is 11.1. The first-order valence-corrected chi connectivity index (χ1v) is 4.23. The molecule has 0 aliphatic rings. The summed E-state index contributed by atoms with van der Waals surface area (Å²) < 4.78 is 37.5. The van der Waals surface area contributed by atoms with Gasteiger partial charge in [0.05, 0.1) is 5.56 Å². The number of carbonyl (C=O) groups is 1. The highest BCUT2D eigenvalue weighted by molar-refractivity contribution is 5.73. The van der Waals surface area contributed by atoms with Crippen molar-refractivity contribution in [3.8, 4) is 0 Å². The summed E-state index contributed by atoms with van der Waals surface area (Å²) in [5.41, 5.74) is -0.512. The van der Waals surface area contributed by atoms with Crippen molar-refractivity contribution in [2.75, 3.05) is 0 Å². The number of alkyl halides is 3. The van der Waals surface area contributed by atoms with Gasteiger partial charge in [-0.3, -0.25) is 4.79 Å². The van der Waals surface area contributed by atoms with Crippen LogP contribution in [0.2, 0.25) is 0 Å². The largest absolute Gasteiger partial charge is 0.416 e. The molecule has 0 aliphatic heterocycles. The lowest BCUT2D eigenvalue weighted by Gasteiger charge is -2.11. The smallest absolute Gasteiger partial charge is 0.298 e. The van der Waals surface area contributed by atoms with E-state index in [-0.39, 0.29) is 17.6 Å². The van der Waals surface area contributed by atoms with Gasteiger partial charge in [-0.15, -0.1) is 0 Å². The van der Waals surface area contributed by atoms with Gasteiger partial charge in [-0.05, 0) is 17.2 Å². The van der Waals surface area contributed by atoms with Crippen molar-refractivity contribution < 1.29 is 18.0 Å². The van der Waals surface area contributed by atoms with Gasteiger partial charge in [0.2, 0.25) is 0 Å². The number of halogens is 3. The number of hydrogen-bond donors (Lipinski definition) is 0. The molecule has 0 aromatic heterocycles. The van der Waals surface area contributed by atoms with Crippen LogP contribution in [0.5, 0.6) is 0 Å².